The Hall–Kier alpha value is -4.20. The quantitative estimate of drug-likeness (QED) is 0.476. The lowest BCUT2D eigenvalue weighted by Crippen LogP contribution is -2.28. The number of primary amides is 1. The number of hydrogen-bond donors (Lipinski definition) is 4. The lowest BCUT2D eigenvalue weighted by molar-refractivity contribution is 0.0998. The van der Waals surface area contributed by atoms with E-state index < -0.39 is 11.9 Å². The predicted octanol–water partition coefficient (Wildman–Crippen LogP) is 3.61. The number of aromatic hydroxyl groups is 1. The van der Waals surface area contributed by atoms with Crippen LogP contribution in [0.3, 0.4) is 0 Å². The van der Waals surface area contributed by atoms with Gasteiger partial charge in [0.1, 0.15) is 23.0 Å². The van der Waals surface area contributed by atoms with Gasteiger partial charge in [0, 0.05) is 17.8 Å². The van der Waals surface area contributed by atoms with Gasteiger partial charge in [-0.05, 0) is 54.6 Å². The molecule has 0 radical (unpaired) electrons. The molecule has 3 amide bonds. The van der Waals surface area contributed by atoms with Crippen molar-refractivity contribution in [3.63, 3.8) is 0 Å². The van der Waals surface area contributed by atoms with Gasteiger partial charge in [-0.1, -0.05) is 12.1 Å². The monoisotopic (exact) mass is 407 g/mol. The molecule has 5 N–H and O–H groups in total. The molecule has 0 aliphatic carbocycles. The summed E-state index contributed by atoms with van der Waals surface area (Å²) >= 11 is 0. The summed E-state index contributed by atoms with van der Waals surface area (Å²) in [4.78, 5) is 23.6. The fourth-order valence-electron chi connectivity index (χ4n) is 2.67. The van der Waals surface area contributed by atoms with E-state index in [9.17, 15) is 14.7 Å². The number of amides is 3. The van der Waals surface area contributed by atoms with Gasteiger partial charge in [-0.15, -0.1) is 0 Å². The molecule has 30 heavy (non-hydrogen) atoms. The second-order valence-electron chi connectivity index (χ2n) is 6.29. The number of carbonyl (C=O) groups is 2. The molecule has 0 spiro atoms. The van der Waals surface area contributed by atoms with E-state index in [-0.39, 0.29) is 17.9 Å². The molecule has 0 bridgehead atoms. The fraction of sp³-hybridized carbons (Fsp3) is 0.0909. The summed E-state index contributed by atoms with van der Waals surface area (Å²) in [6.45, 7) is 0.125. The van der Waals surface area contributed by atoms with Crippen LogP contribution < -0.4 is 25.8 Å². The van der Waals surface area contributed by atoms with E-state index in [0.717, 1.165) is 0 Å². The van der Waals surface area contributed by atoms with E-state index in [1.807, 2.05) is 0 Å². The fourth-order valence-corrected chi connectivity index (χ4v) is 2.67. The predicted molar refractivity (Wildman–Crippen MR) is 112 cm³/mol. The van der Waals surface area contributed by atoms with Gasteiger partial charge < -0.3 is 30.9 Å². The minimum atomic E-state index is -0.581. The number of para-hydroxylation sites is 1. The number of anilines is 1. The number of benzene rings is 3. The van der Waals surface area contributed by atoms with Gasteiger partial charge >= 0.3 is 6.03 Å². The van der Waals surface area contributed by atoms with E-state index >= 15 is 0 Å². The first-order valence-corrected chi connectivity index (χ1v) is 9.04. The van der Waals surface area contributed by atoms with Crippen molar-refractivity contribution in [3.05, 3.63) is 77.9 Å². The first-order valence-electron chi connectivity index (χ1n) is 9.04. The highest BCUT2D eigenvalue weighted by Crippen LogP contribution is 2.26. The van der Waals surface area contributed by atoms with Crippen LogP contribution in [0.25, 0.3) is 0 Å². The first-order chi connectivity index (χ1) is 14.5. The number of urea groups is 1. The van der Waals surface area contributed by atoms with Crippen LogP contribution in [0, 0.1) is 0 Å². The maximum Gasteiger partial charge on any atom is 0.319 e. The van der Waals surface area contributed by atoms with Gasteiger partial charge in [0.25, 0.3) is 5.91 Å². The molecular formula is C22H21N3O5. The Bertz CT molecular complexity index is 1050. The van der Waals surface area contributed by atoms with E-state index in [2.05, 4.69) is 10.6 Å². The molecule has 0 aliphatic heterocycles. The van der Waals surface area contributed by atoms with E-state index in [0.29, 0.717) is 28.5 Å². The number of nitrogens with two attached hydrogens (primary N) is 1. The van der Waals surface area contributed by atoms with Crippen molar-refractivity contribution in [3.8, 4) is 23.0 Å². The zero-order valence-corrected chi connectivity index (χ0v) is 16.2. The zero-order chi connectivity index (χ0) is 21.5. The van der Waals surface area contributed by atoms with Crippen LogP contribution in [-0.2, 0) is 6.54 Å². The average Bonchev–Trinajstić information content (AvgIpc) is 2.75. The second kappa shape index (κ2) is 9.33. The van der Waals surface area contributed by atoms with Crippen LogP contribution in [0.4, 0.5) is 10.5 Å². The number of phenolic OH excluding ortho intramolecular Hbond substituents is 1. The molecule has 0 aliphatic rings. The van der Waals surface area contributed by atoms with Crippen LogP contribution in [0.15, 0.2) is 66.7 Å². The molecule has 0 heterocycles. The highest BCUT2D eigenvalue weighted by Gasteiger charge is 2.10. The molecule has 154 valence electrons. The van der Waals surface area contributed by atoms with Crippen molar-refractivity contribution in [1.82, 2.24) is 5.32 Å². The Morgan fingerprint density at radius 2 is 1.70 bits per heavy atom. The summed E-state index contributed by atoms with van der Waals surface area (Å²) in [5, 5.41) is 15.2. The molecule has 0 saturated heterocycles. The van der Waals surface area contributed by atoms with Gasteiger partial charge in [-0.2, -0.15) is 0 Å². The van der Waals surface area contributed by atoms with Gasteiger partial charge in [-0.25, -0.2) is 4.79 Å². The summed E-state index contributed by atoms with van der Waals surface area (Å²) in [6.07, 6.45) is 0. The van der Waals surface area contributed by atoms with E-state index in [1.165, 1.54) is 13.2 Å². The standard InChI is InChI=1S/C22H21N3O5/c1-29-17-10-11-19(26)14(12-17)13-24-22(28)25-15-6-8-16(9-7-15)30-20-5-3-2-4-18(20)21(23)27/h2-12,26H,13H2,1H3,(H2,23,27)(H2,24,25,28). The maximum atomic E-state index is 12.1. The third-order valence-electron chi connectivity index (χ3n) is 4.22. The zero-order valence-electron chi connectivity index (χ0n) is 16.2. The molecule has 0 saturated carbocycles. The van der Waals surface area contributed by atoms with Crippen molar-refractivity contribution in [1.29, 1.82) is 0 Å². The number of phenols is 1. The van der Waals surface area contributed by atoms with Crippen molar-refractivity contribution in [2.75, 3.05) is 12.4 Å². The number of ether oxygens (including phenoxy) is 2. The number of rotatable bonds is 7. The summed E-state index contributed by atoms with van der Waals surface area (Å²) < 4.78 is 10.8. The minimum absolute atomic E-state index is 0.0637. The lowest BCUT2D eigenvalue weighted by Gasteiger charge is -2.11. The molecular weight excluding hydrogens is 386 g/mol. The van der Waals surface area contributed by atoms with Gasteiger partial charge in [0.2, 0.25) is 0 Å². The Labute approximate surface area is 173 Å². The number of carbonyl (C=O) groups excluding carboxylic acids is 2. The van der Waals surface area contributed by atoms with Crippen LogP contribution in [0.1, 0.15) is 15.9 Å². The smallest absolute Gasteiger partial charge is 0.319 e. The Balaban J connectivity index is 1.58. The average molecular weight is 407 g/mol. The highest BCUT2D eigenvalue weighted by molar-refractivity contribution is 5.95. The van der Waals surface area contributed by atoms with Crippen LogP contribution in [-0.4, -0.2) is 24.2 Å². The summed E-state index contributed by atoms with van der Waals surface area (Å²) in [6, 6.07) is 17.6. The van der Waals surface area contributed by atoms with E-state index in [4.69, 9.17) is 15.2 Å². The maximum absolute atomic E-state index is 12.1. The number of hydrogen-bond acceptors (Lipinski definition) is 5. The molecule has 3 aromatic rings. The molecule has 0 atom stereocenters. The third kappa shape index (κ3) is 5.20. The Morgan fingerprint density at radius 3 is 2.40 bits per heavy atom. The minimum Gasteiger partial charge on any atom is -0.508 e. The molecule has 0 fully saturated rings. The van der Waals surface area contributed by atoms with Crippen LogP contribution in [0.5, 0.6) is 23.0 Å². The van der Waals surface area contributed by atoms with Crippen molar-refractivity contribution in [2.45, 2.75) is 6.54 Å². The molecule has 3 rings (SSSR count). The number of methoxy groups -OCH3 is 1. The van der Waals surface area contributed by atoms with Crippen molar-refractivity contribution >= 4 is 17.6 Å². The molecule has 0 unspecified atom stereocenters. The van der Waals surface area contributed by atoms with Crippen molar-refractivity contribution in [2.24, 2.45) is 5.73 Å². The Morgan fingerprint density at radius 1 is 1.00 bits per heavy atom. The largest absolute Gasteiger partial charge is 0.508 e. The van der Waals surface area contributed by atoms with Crippen LogP contribution in [0.2, 0.25) is 0 Å². The summed E-state index contributed by atoms with van der Waals surface area (Å²) in [7, 11) is 1.52. The summed E-state index contributed by atoms with van der Waals surface area (Å²) in [5.41, 5.74) is 6.69. The molecule has 0 aromatic heterocycles. The van der Waals surface area contributed by atoms with E-state index in [1.54, 1.807) is 60.7 Å². The Kier molecular flexibility index (Phi) is 6.39. The molecule has 8 heteroatoms. The number of nitrogens with one attached hydrogen (secondary N) is 2. The van der Waals surface area contributed by atoms with Gasteiger partial charge in [0.15, 0.2) is 0 Å². The molecule has 3 aromatic carbocycles. The highest BCUT2D eigenvalue weighted by atomic mass is 16.5. The normalized spacial score (nSPS) is 10.2. The van der Waals surface area contributed by atoms with Gasteiger partial charge in [-0.3, -0.25) is 4.79 Å². The second-order valence-corrected chi connectivity index (χ2v) is 6.29. The van der Waals surface area contributed by atoms with Crippen LogP contribution >= 0.6 is 0 Å². The molecule has 8 nitrogen and oxygen atoms in total. The SMILES string of the molecule is COc1ccc(O)c(CNC(=O)Nc2ccc(Oc3ccccc3C(N)=O)cc2)c1. The third-order valence-corrected chi connectivity index (χ3v) is 4.22. The summed E-state index contributed by atoms with van der Waals surface area (Å²) in [5.74, 6) is 0.896. The van der Waals surface area contributed by atoms with Crippen molar-refractivity contribution < 1.29 is 24.2 Å². The van der Waals surface area contributed by atoms with Gasteiger partial charge in [0.05, 0.1) is 12.7 Å². The lowest BCUT2D eigenvalue weighted by atomic mass is 10.2. The topological polar surface area (TPSA) is 123 Å². The first kappa shape index (κ1) is 20.5.